The van der Waals surface area contributed by atoms with E-state index in [-0.39, 0.29) is 24.4 Å². The maximum absolute atomic E-state index is 12.7. The Labute approximate surface area is 117 Å². The number of β-amino-alcohol motifs (C(OH)–C–C–N with tert-alkyl or cyclic N) is 1. The highest BCUT2D eigenvalue weighted by Gasteiger charge is 2.30. The lowest BCUT2D eigenvalue weighted by Crippen LogP contribution is -2.44. The Morgan fingerprint density at radius 2 is 2.20 bits per heavy atom. The Morgan fingerprint density at radius 1 is 1.50 bits per heavy atom. The Hall–Kier alpha value is -1.66. The van der Waals surface area contributed by atoms with Gasteiger partial charge in [-0.25, -0.2) is 4.39 Å². The zero-order valence-electron chi connectivity index (χ0n) is 11.2. The SMILES string of the molecule is NC(=O)C1CCCN1CC(O)COc1ccc(F)cc1. The van der Waals surface area contributed by atoms with Gasteiger partial charge in [0.05, 0.1) is 6.04 Å². The lowest BCUT2D eigenvalue weighted by Gasteiger charge is -2.24. The van der Waals surface area contributed by atoms with Crippen LogP contribution in [-0.4, -0.2) is 47.8 Å². The summed E-state index contributed by atoms with van der Waals surface area (Å²) in [6.45, 7) is 1.18. The van der Waals surface area contributed by atoms with Crippen molar-refractivity contribution in [1.29, 1.82) is 0 Å². The first-order valence-corrected chi connectivity index (χ1v) is 6.66. The number of carbonyl (C=O) groups is 1. The number of hydrogen-bond acceptors (Lipinski definition) is 4. The molecular weight excluding hydrogens is 263 g/mol. The lowest BCUT2D eigenvalue weighted by atomic mass is 10.2. The number of aliphatic hydroxyl groups is 1. The van der Waals surface area contributed by atoms with Crippen LogP contribution in [0.3, 0.4) is 0 Å². The van der Waals surface area contributed by atoms with Crippen LogP contribution < -0.4 is 10.5 Å². The molecule has 0 spiro atoms. The van der Waals surface area contributed by atoms with E-state index in [1.807, 2.05) is 4.90 Å². The van der Waals surface area contributed by atoms with Gasteiger partial charge < -0.3 is 15.6 Å². The van der Waals surface area contributed by atoms with Gasteiger partial charge in [0.1, 0.15) is 24.3 Å². The summed E-state index contributed by atoms with van der Waals surface area (Å²) in [7, 11) is 0. The van der Waals surface area contributed by atoms with Crippen LogP contribution in [0, 0.1) is 5.82 Å². The molecule has 1 aliphatic rings. The van der Waals surface area contributed by atoms with E-state index in [1.165, 1.54) is 24.3 Å². The van der Waals surface area contributed by atoms with Crippen molar-refractivity contribution < 1.29 is 19.0 Å². The fraction of sp³-hybridized carbons (Fsp3) is 0.500. The minimum atomic E-state index is -0.722. The lowest BCUT2D eigenvalue weighted by molar-refractivity contribution is -0.122. The second-order valence-corrected chi connectivity index (χ2v) is 4.97. The van der Waals surface area contributed by atoms with Crippen molar-refractivity contribution in [3.63, 3.8) is 0 Å². The number of ether oxygens (including phenoxy) is 1. The fourth-order valence-electron chi connectivity index (χ4n) is 2.41. The molecule has 1 heterocycles. The van der Waals surface area contributed by atoms with E-state index in [1.54, 1.807) is 0 Å². The second-order valence-electron chi connectivity index (χ2n) is 4.97. The number of nitrogens with two attached hydrogens (primary N) is 1. The van der Waals surface area contributed by atoms with Crippen LogP contribution in [0.25, 0.3) is 0 Å². The molecule has 2 unspecified atom stereocenters. The number of carbonyl (C=O) groups excluding carboxylic acids is 1. The Bertz CT molecular complexity index is 452. The zero-order chi connectivity index (χ0) is 14.5. The summed E-state index contributed by atoms with van der Waals surface area (Å²) in [6, 6.07) is 5.31. The van der Waals surface area contributed by atoms with Gasteiger partial charge in [-0.3, -0.25) is 9.69 Å². The van der Waals surface area contributed by atoms with Crippen molar-refractivity contribution >= 4 is 5.91 Å². The van der Waals surface area contributed by atoms with Gasteiger partial charge in [-0.2, -0.15) is 0 Å². The molecular formula is C14H19FN2O3. The molecule has 0 aliphatic carbocycles. The van der Waals surface area contributed by atoms with Gasteiger partial charge in [-0.15, -0.1) is 0 Å². The van der Waals surface area contributed by atoms with Gasteiger partial charge >= 0.3 is 0 Å². The summed E-state index contributed by atoms with van der Waals surface area (Å²) in [6.07, 6.45) is 0.917. The van der Waals surface area contributed by atoms with Crippen LogP contribution in [0.4, 0.5) is 4.39 Å². The molecule has 110 valence electrons. The van der Waals surface area contributed by atoms with Gasteiger partial charge in [0, 0.05) is 6.54 Å². The molecule has 2 rings (SSSR count). The van der Waals surface area contributed by atoms with Crippen molar-refractivity contribution in [3.8, 4) is 5.75 Å². The van der Waals surface area contributed by atoms with E-state index in [0.717, 1.165) is 19.4 Å². The van der Waals surface area contributed by atoms with Gasteiger partial charge in [-0.05, 0) is 43.7 Å². The standard InChI is InChI=1S/C14H19FN2O3/c15-10-3-5-12(6-4-10)20-9-11(18)8-17-7-1-2-13(17)14(16)19/h3-6,11,13,18H,1-2,7-9H2,(H2,16,19). The number of hydrogen-bond donors (Lipinski definition) is 2. The summed E-state index contributed by atoms with van der Waals surface area (Å²) in [5.41, 5.74) is 5.31. The molecule has 3 N–H and O–H groups in total. The molecule has 0 saturated carbocycles. The number of likely N-dealkylation sites (tertiary alicyclic amines) is 1. The maximum Gasteiger partial charge on any atom is 0.234 e. The molecule has 1 aromatic rings. The van der Waals surface area contributed by atoms with Crippen LogP contribution in [0.1, 0.15) is 12.8 Å². The van der Waals surface area contributed by atoms with Crippen molar-refractivity contribution in [2.24, 2.45) is 5.73 Å². The molecule has 2 atom stereocenters. The zero-order valence-corrected chi connectivity index (χ0v) is 11.2. The van der Waals surface area contributed by atoms with E-state index in [4.69, 9.17) is 10.5 Å². The molecule has 1 aliphatic heterocycles. The van der Waals surface area contributed by atoms with Crippen LogP contribution in [0.5, 0.6) is 5.75 Å². The molecule has 20 heavy (non-hydrogen) atoms. The average Bonchev–Trinajstić information content (AvgIpc) is 2.86. The average molecular weight is 282 g/mol. The predicted molar refractivity (Wildman–Crippen MR) is 71.7 cm³/mol. The normalized spacial score (nSPS) is 20.8. The van der Waals surface area contributed by atoms with Crippen LogP contribution in [-0.2, 0) is 4.79 Å². The maximum atomic E-state index is 12.7. The van der Waals surface area contributed by atoms with Crippen molar-refractivity contribution in [1.82, 2.24) is 4.90 Å². The largest absolute Gasteiger partial charge is 0.491 e. The molecule has 1 saturated heterocycles. The first kappa shape index (κ1) is 14.7. The van der Waals surface area contributed by atoms with E-state index in [9.17, 15) is 14.3 Å². The first-order valence-electron chi connectivity index (χ1n) is 6.66. The number of primary amides is 1. The third kappa shape index (κ3) is 3.91. The number of rotatable bonds is 6. The second kappa shape index (κ2) is 6.67. The number of amides is 1. The smallest absolute Gasteiger partial charge is 0.234 e. The highest BCUT2D eigenvalue weighted by Crippen LogP contribution is 2.17. The molecule has 1 amide bonds. The quantitative estimate of drug-likeness (QED) is 0.797. The molecule has 0 radical (unpaired) electrons. The van der Waals surface area contributed by atoms with Gasteiger partial charge in [0.15, 0.2) is 0 Å². The summed E-state index contributed by atoms with van der Waals surface area (Å²) < 4.78 is 18.1. The number of aliphatic hydroxyl groups excluding tert-OH is 1. The third-order valence-electron chi connectivity index (χ3n) is 3.39. The van der Waals surface area contributed by atoms with Crippen molar-refractivity contribution in [2.75, 3.05) is 19.7 Å². The topological polar surface area (TPSA) is 75.8 Å². The third-order valence-corrected chi connectivity index (χ3v) is 3.39. The van der Waals surface area contributed by atoms with Crippen molar-refractivity contribution in [2.45, 2.75) is 25.0 Å². The number of nitrogens with zero attached hydrogens (tertiary/aromatic N) is 1. The van der Waals surface area contributed by atoms with Gasteiger partial charge in [0.2, 0.25) is 5.91 Å². The first-order chi connectivity index (χ1) is 9.56. The molecule has 1 aromatic carbocycles. The van der Waals surface area contributed by atoms with Gasteiger partial charge in [0.25, 0.3) is 0 Å². The van der Waals surface area contributed by atoms with E-state index in [2.05, 4.69) is 0 Å². The Kier molecular flexibility index (Phi) is 4.92. The minimum absolute atomic E-state index is 0.0909. The van der Waals surface area contributed by atoms with E-state index in [0.29, 0.717) is 12.3 Å². The molecule has 6 heteroatoms. The number of benzene rings is 1. The summed E-state index contributed by atoms with van der Waals surface area (Å²) in [5, 5.41) is 9.93. The van der Waals surface area contributed by atoms with Gasteiger partial charge in [-0.1, -0.05) is 0 Å². The van der Waals surface area contributed by atoms with E-state index < -0.39 is 6.10 Å². The summed E-state index contributed by atoms with van der Waals surface area (Å²) in [5.74, 6) is -0.188. The minimum Gasteiger partial charge on any atom is -0.491 e. The van der Waals surface area contributed by atoms with Crippen LogP contribution in [0.15, 0.2) is 24.3 Å². The number of halogens is 1. The summed E-state index contributed by atoms with van der Waals surface area (Å²) >= 11 is 0. The van der Waals surface area contributed by atoms with Crippen molar-refractivity contribution in [3.05, 3.63) is 30.1 Å². The fourth-order valence-corrected chi connectivity index (χ4v) is 2.41. The van der Waals surface area contributed by atoms with Crippen LogP contribution >= 0.6 is 0 Å². The molecule has 1 fully saturated rings. The summed E-state index contributed by atoms with van der Waals surface area (Å²) in [4.78, 5) is 13.1. The Morgan fingerprint density at radius 3 is 2.85 bits per heavy atom. The van der Waals surface area contributed by atoms with Crippen LogP contribution in [0.2, 0.25) is 0 Å². The van der Waals surface area contributed by atoms with E-state index >= 15 is 0 Å². The highest BCUT2D eigenvalue weighted by atomic mass is 19.1. The monoisotopic (exact) mass is 282 g/mol. The molecule has 5 nitrogen and oxygen atoms in total. The molecule has 0 bridgehead atoms. The Balaban J connectivity index is 1.79. The molecule has 0 aromatic heterocycles. The predicted octanol–water partition coefficient (Wildman–Crippen LogP) is 0.515. The highest BCUT2D eigenvalue weighted by molar-refractivity contribution is 5.80.